The molecular formula is C19H22N4O. The second kappa shape index (κ2) is 6.23. The van der Waals surface area contributed by atoms with E-state index in [9.17, 15) is 4.79 Å². The van der Waals surface area contributed by atoms with E-state index in [1.807, 2.05) is 34.9 Å². The first kappa shape index (κ1) is 15.1. The number of nitrogens with one attached hydrogen (secondary N) is 1. The topological polar surface area (TPSA) is 59.3 Å². The van der Waals surface area contributed by atoms with Gasteiger partial charge in [0.2, 0.25) is 0 Å². The molecule has 124 valence electrons. The van der Waals surface area contributed by atoms with Crippen LogP contribution in [-0.4, -0.2) is 15.3 Å². The Kier molecular flexibility index (Phi) is 3.92. The number of hydrazone groups is 1. The van der Waals surface area contributed by atoms with Gasteiger partial charge in [0.25, 0.3) is 5.56 Å². The number of aromatic nitrogens is 2. The van der Waals surface area contributed by atoms with Crippen molar-refractivity contribution in [3.8, 4) is 0 Å². The molecule has 4 rings (SSSR count). The Labute approximate surface area is 141 Å². The SMILES string of the molecule is CC1CCC(=NNc2ccccc2)c2nc3c(c(=O)n21)CCCC3. The number of para-hydroxylation sites is 1. The van der Waals surface area contributed by atoms with Crippen LogP contribution in [0.3, 0.4) is 0 Å². The van der Waals surface area contributed by atoms with Crippen LogP contribution < -0.4 is 11.0 Å². The molecule has 0 fully saturated rings. The van der Waals surface area contributed by atoms with Gasteiger partial charge < -0.3 is 0 Å². The highest BCUT2D eigenvalue weighted by Crippen LogP contribution is 2.25. The molecule has 5 nitrogen and oxygen atoms in total. The molecule has 1 atom stereocenters. The van der Waals surface area contributed by atoms with E-state index in [0.717, 1.165) is 67.0 Å². The summed E-state index contributed by atoms with van der Waals surface area (Å²) in [4.78, 5) is 17.8. The number of hydrogen-bond acceptors (Lipinski definition) is 4. The molecule has 0 spiro atoms. The van der Waals surface area contributed by atoms with E-state index in [-0.39, 0.29) is 11.6 Å². The van der Waals surface area contributed by atoms with Crippen molar-refractivity contribution in [1.29, 1.82) is 0 Å². The molecule has 2 aliphatic rings. The van der Waals surface area contributed by atoms with Gasteiger partial charge in [-0.3, -0.25) is 14.8 Å². The van der Waals surface area contributed by atoms with E-state index in [0.29, 0.717) is 0 Å². The summed E-state index contributed by atoms with van der Waals surface area (Å²) in [6, 6.07) is 10.1. The van der Waals surface area contributed by atoms with Gasteiger partial charge in [-0.15, -0.1) is 0 Å². The molecule has 24 heavy (non-hydrogen) atoms. The third kappa shape index (κ3) is 2.64. The number of hydrogen-bond donors (Lipinski definition) is 1. The Bertz CT molecular complexity index is 838. The monoisotopic (exact) mass is 322 g/mol. The molecule has 1 aliphatic heterocycles. The van der Waals surface area contributed by atoms with Gasteiger partial charge in [-0.2, -0.15) is 5.10 Å². The van der Waals surface area contributed by atoms with Gasteiger partial charge in [0.15, 0.2) is 5.82 Å². The van der Waals surface area contributed by atoms with Gasteiger partial charge in [-0.25, -0.2) is 4.98 Å². The quantitative estimate of drug-likeness (QED) is 0.863. The molecule has 1 unspecified atom stereocenters. The summed E-state index contributed by atoms with van der Waals surface area (Å²) in [7, 11) is 0. The van der Waals surface area contributed by atoms with Gasteiger partial charge in [0, 0.05) is 11.6 Å². The van der Waals surface area contributed by atoms with E-state index in [2.05, 4.69) is 17.5 Å². The highest BCUT2D eigenvalue weighted by molar-refractivity contribution is 5.98. The predicted octanol–water partition coefficient (Wildman–Crippen LogP) is 3.29. The van der Waals surface area contributed by atoms with E-state index in [4.69, 9.17) is 4.98 Å². The second-order valence-corrected chi connectivity index (χ2v) is 6.67. The average molecular weight is 322 g/mol. The number of nitrogens with zero attached hydrogens (tertiary/aromatic N) is 3. The lowest BCUT2D eigenvalue weighted by Crippen LogP contribution is -2.38. The number of aryl methyl sites for hydroxylation is 1. The highest BCUT2D eigenvalue weighted by atomic mass is 16.1. The molecular weight excluding hydrogens is 300 g/mol. The maximum Gasteiger partial charge on any atom is 0.257 e. The first-order chi connectivity index (χ1) is 11.7. The normalized spacial score (nSPS) is 21.2. The zero-order valence-electron chi connectivity index (χ0n) is 14.0. The summed E-state index contributed by atoms with van der Waals surface area (Å²) in [5, 5.41) is 4.56. The second-order valence-electron chi connectivity index (χ2n) is 6.67. The lowest BCUT2D eigenvalue weighted by atomic mass is 9.95. The number of rotatable bonds is 2. The molecule has 1 aliphatic carbocycles. The maximum absolute atomic E-state index is 12.9. The van der Waals surface area contributed by atoms with E-state index in [1.165, 1.54) is 0 Å². The minimum Gasteiger partial charge on any atom is -0.288 e. The standard InChI is InChI=1S/C19H22N4O/c1-13-11-12-17(22-21-14-7-3-2-4-8-14)18-20-16-10-6-5-9-15(16)19(24)23(13)18/h2-4,7-8,13,21H,5-6,9-12H2,1H3. The van der Waals surface area contributed by atoms with Crippen molar-refractivity contribution in [2.45, 2.75) is 51.5 Å². The largest absolute Gasteiger partial charge is 0.288 e. The minimum absolute atomic E-state index is 0.148. The zero-order valence-corrected chi connectivity index (χ0v) is 14.0. The van der Waals surface area contributed by atoms with Crippen LogP contribution in [0, 0.1) is 0 Å². The number of fused-ring (bicyclic) bond motifs is 2. The van der Waals surface area contributed by atoms with Crippen molar-refractivity contribution in [1.82, 2.24) is 9.55 Å². The van der Waals surface area contributed by atoms with Crippen molar-refractivity contribution < 1.29 is 0 Å². The van der Waals surface area contributed by atoms with Crippen LogP contribution in [0.5, 0.6) is 0 Å². The molecule has 0 radical (unpaired) electrons. The third-order valence-corrected chi connectivity index (χ3v) is 4.98. The summed E-state index contributed by atoms with van der Waals surface area (Å²) in [6.07, 6.45) is 5.74. The minimum atomic E-state index is 0.148. The molecule has 5 heteroatoms. The van der Waals surface area contributed by atoms with Crippen LogP contribution in [0.1, 0.15) is 55.7 Å². The van der Waals surface area contributed by atoms with E-state index >= 15 is 0 Å². The summed E-state index contributed by atoms with van der Waals surface area (Å²) in [6.45, 7) is 2.10. The summed E-state index contributed by atoms with van der Waals surface area (Å²) in [5.74, 6) is 0.753. The van der Waals surface area contributed by atoms with Crippen molar-refractivity contribution in [2.75, 3.05) is 5.43 Å². The predicted molar refractivity (Wildman–Crippen MR) is 95.7 cm³/mol. The van der Waals surface area contributed by atoms with Crippen molar-refractivity contribution >= 4 is 11.4 Å². The van der Waals surface area contributed by atoms with Crippen molar-refractivity contribution in [3.05, 3.63) is 57.8 Å². The number of anilines is 1. The molecule has 1 N–H and O–H groups in total. The van der Waals surface area contributed by atoms with Crippen LogP contribution in [-0.2, 0) is 12.8 Å². The Morgan fingerprint density at radius 2 is 1.96 bits per heavy atom. The first-order valence-electron chi connectivity index (χ1n) is 8.76. The fourth-order valence-corrected chi connectivity index (χ4v) is 3.62. The fraction of sp³-hybridized carbons (Fsp3) is 0.421. The van der Waals surface area contributed by atoms with Gasteiger partial charge in [0.1, 0.15) is 5.71 Å². The molecule has 2 aromatic rings. The molecule has 0 amide bonds. The molecule has 2 heterocycles. The Morgan fingerprint density at radius 3 is 2.79 bits per heavy atom. The summed E-state index contributed by atoms with van der Waals surface area (Å²) < 4.78 is 1.86. The first-order valence-corrected chi connectivity index (χ1v) is 8.76. The lowest BCUT2D eigenvalue weighted by Gasteiger charge is -2.28. The molecule has 0 saturated heterocycles. The Morgan fingerprint density at radius 1 is 1.17 bits per heavy atom. The molecule has 0 bridgehead atoms. The maximum atomic E-state index is 12.9. The molecule has 1 aromatic carbocycles. The Balaban J connectivity index is 1.77. The third-order valence-electron chi connectivity index (χ3n) is 4.98. The fourth-order valence-electron chi connectivity index (χ4n) is 3.62. The zero-order chi connectivity index (χ0) is 16.5. The van der Waals surface area contributed by atoms with Crippen LogP contribution >= 0.6 is 0 Å². The molecule has 0 saturated carbocycles. The lowest BCUT2D eigenvalue weighted by molar-refractivity contribution is 0.460. The van der Waals surface area contributed by atoms with Crippen molar-refractivity contribution in [2.24, 2.45) is 5.10 Å². The summed E-state index contributed by atoms with van der Waals surface area (Å²) in [5.41, 5.74) is 6.98. The van der Waals surface area contributed by atoms with Gasteiger partial charge in [-0.1, -0.05) is 18.2 Å². The van der Waals surface area contributed by atoms with E-state index in [1.54, 1.807) is 0 Å². The van der Waals surface area contributed by atoms with Crippen LogP contribution in [0.4, 0.5) is 5.69 Å². The average Bonchev–Trinajstić information content (AvgIpc) is 2.62. The van der Waals surface area contributed by atoms with Crippen molar-refractivity contribution in [3.63, 3.8) is 0 Å². The Hall–Kier alpha value is -2.43. The van der Waals surface area contributed by atoms with Crippen LogP contribution in [0.2, 0.25) is 0 Å². The van der Waals surface area contributed by atoms with Crippen LogP contribution in [0.25, 0.3) is 0 Å². The summed E-state index contributed by atoms with van der Waals surface area (Å²) >= 11 is 0. The smallest absolute Gasteiger partial charge is 0.257 e. The van der Waals surface area contributed by atoms with Crippen LogP contribution in [0.15, 0.2) is 40.2 Å². The number of benzene rings is 1. The molecule has 1 aromatic heterocycles. The highest BCUT2D eigenvalue weighted by Gasteiger charge is 2.27. The van der Waals surface area contributed by atoms with Gasteiger partial charge in [0.05, 0.1) is 11.4 Å². The van der Waals surface area contributed by atoms with E-state index < -0.39 is 0 Å². The van der Waals surface area contributed by atoms with Gasteiger partial charge >= 0.3 is 0 Å². The van der Waals surface area contributed by atoms with Gasteiger partial charge in [-0.05, 0) is 57.6 Å².